The van der Waals surface area contributed by atoms with E-state index in [0.29, 0.717) is 23.1 Å². The van der Waals surface area contributed by atoms with Crippen molar-refractivity contribution in [1.29, 1.82) is 0 Å². The standard InChI is InChI=1S/C12H14F3IN2O.ClH/c13-12(14,15)9-5-8(6-10(16)7-9)11(19)18-4-2-1-3-17;/h5-7H,1-4,17H2,(H,18,19);1H. The zero-order valence-corrected chi connectivity index (χ0v) is 13.4. The van der Waals surface area contributed by atoms with Crippen LogP contribution in [0.15, 0.2) is 18.2 Å². The number of hydrogen-bond acceptors (Lipinski definition) is 2. The largest absolute Gasteiger partial charge is 0.416 e. The van der Waals surface area contributed by atoms with Crippen LogP contribution >= 0.6 is 35.0 Å². The Balaban J connectivity index is 0.00000361. The number of alkyl halides is 3. The molecule has 8 heteroatoms. The fraction of sp³-hybridized carbons (Fsp3) is 0.417. The molecular formula is C12H15ClF3IN2O. The second-order valence-corrected chi connectivity index (χ2v) is 5.22. The molecule has 0 aliphatic carbocycles. The number of amides is 1. The highest BCUT2D eigenvalue weighted by atomic mass is 127. The van der Waals surface area contributed by atoms with Crippen LogP contribution in [0.5, 0.6) is 0 Å². The van der Waals surface area contributed by atoms with Crippen LogP contribution < -0.4 is 11.1 Å². The molecule has 1 amide bonds. The molecule has 0 saturated heterocycles. The lowest BCUT2D eigenvalue weighted by atomic mass is 10.1. The number of carbonyl (C=O) groups is 1. The smallest absolute Gasteiger partial charge is 0.352 e. The summed E-state index contributed by atoms with van der Waals surface area (Å²) in [5, 5.41) is 2.57. The molecule has 0 aliphatic heterocycles. The first-order valence-corrected chi connectivity index (χ1v) is 6.78. The van der Waals surface area contributed by atoms with E-state index in [0.717, 1.165) is 18.6 Å². The lowest BCUT2D eigenvalue weighted by molar-refractivity contribution is -0.137. The summed E-state index contributed by atoms with van der Waals surface area (Å²) in [5.41, 5.74) is 4.51. The fourth-order valence-corrected chi connectivity index (χ4v) is 2.13. The maximum Gasteiger partial charge on any atom is 0.416 e. The average Bonchev–Trinajstić information content (AvgIpc) is 2.32. The van der Waals surface area contributed by atoms with Crippen LogP contribution in [0.25, 0.3) is 0 Å². The Kier molecular flexibility index (Phi) is 8.45. The number of halogens is 5. The van der Waals surface area contributed by atoms with E-state index in [9.17, 15) is 18.0 Å². The number of nitrogens with one attached hydrogen (secondary N) is 1. The van der Waals surface area contributed by atoms with E-state index < -0.39 is 17.6 Å². The van der Waals surface area contributed by atoms with Crippen molar-refractivity contribution in [1.82, 2.24) is 5.32 Å². The molecule has 0 fully saturated rings. The fourth-order valence-electron chi connectivity index (χ4n) is 1.46. The minimum Gasteiger partial charge on any atom is -0.352 e. The Labute approximate surface area is 135 Å². The molecule has 0 aliphatic rings. The SMILES string of the molecule is Cl.NCCCCNC(=O)c1cc(I)cc(C(F)(F)F)c1. The monoisotopic (exact) mass is 422 g/mol. The van der Waals surface area contributed by atoms with Gasteiger partial charge in [-0.2, -0.15) is 13.2 Å². The van der Waals surface area contributed by atoms with E-state index in [4.69, 9.17) is 5.73 Å². The molecule has 0 bridgehead atoms. The van der Waals surface area contributed by atoms with Crippen molar-refractivity contribution in [3.05, 3.63) is 32.9 Å². The first-order chi connectivity index (χ1) is 8.84. The first kappa shape index (κ1) is 19.5. The van der Waals surface area contributed by atoms with Gasteiger partial charge in [0.2, 0.25) is 0 Å². The molecule has 1 rings (SSSR count). The molecule has 20 heavy (non-hydrogen) atoms. The Hall–Kier alpha value is -0.540. The van der Waals surface area contributed by atoms with Gasteiger partial charge in [0.15, 0.2) is 0 Å². The normalized spacial score (nSPS) is 10.8. The maximum atomic E-state index is 12.6. The second kappa shape index (κ2) is 8.68. The van der Waals surface area contributed by atoms with Gasteiger partial charge in [-0.3, -0.25) is 4.79 Å². The quantitative estimate of drug-likeness (QED) is 0.566. The van der Waals surface area contributed by atoms with Crippen LogP contribution in [-0.2, 0) is 6.18 Å². The van der Waals surface area contributed by atoms with Gasteiger partial charge in [-0.05, 0) is 60.2 Å². The minimum atomic E-state index is -4.45. The summed E-state index contributed by atoms with van der Waals surface area (Å²) in [5.74, 6) is -0.499. The van der Waals surface area contributed by atoms with Gasteiger partial charge in [0.05, 0.1) is 5.56 Å². The van der Waals surface area contributed by atoms with E-state index in [2.05, 4.69) is 5.32 Å². The highest BCUT2D eigenvalue weighted by Crippen LogP contribution is 2.31. The average molecular weight is 423 g/mol. The highest BCUT2D eigenvalue weighted by Gasteiger charge is 2.31. The van der Waals surface area contributed by atoms with Gasteiger partial charge in [-0.15, -0.1) is 12.4 Å². The number of carbonyl (C=O) groups excluding carboxylic acids is 1. The molecule has 3 N–H and O–H groups in total. The zero-order chi connectivity index (χ0) is 14.5. The Bertz CT molecular complexity index is 455. The molecule has 1 aromatic rings. The van der Waals surface area contributed by atoms with Crippen LogP contribution in [0.2, 0.25) is 0 Å². The van der Waals surface area contributed by atoms with Crippen LogP contribution in [0.3, 0.4) is 0 Å². The van der Waals surface area contributed by atoms with Crippen LogP contribution in [0.1, 0.15) is 28.8 Å². The van der Waals surface area contributed by atoms with Crippen molar-refractivity contribution >= 4 is 40.9 Å². The number of unbranched alkanes of at least 4 members (excludes halogenated alkanes) is 1. The van der Waals surface area contributed by atoms with Gasteiger partial charge in [0.1, 0.15) is 0 Å². The van der Waals surface area contributed by atoms with Gasteiger partial charge in [-0.1, -0.05) is 0 Å². The van der Waals surface area contributed by atoms with Crippen molar-refractivity contribution < 1.29 is 18.0 Å². The maximum absolute atomic E-state index is 12.6. The third-order valence-corrected chi connectivity index (χ3v) is 3.03. The molecule has 0 aromatic heterocycles. The summed E-state index contributed by atoms with van der Waals surface area (Å²) in [6.07, 6.45) is -2.98. The number of hydrogen-bond donors (Lipinski definition) is 2. The molecule has 0 unspecified atom stereocenters. The third kappa shape index (κ3) is 6.27. The minimum absolute atomic E-state index is 0. The summed E-state index contributed by atoms with van der Waals surface area (Å²) in [4.78, 5) is 11.7. The number of rotatable bonds is 5. The highest BCUT2D eigenvalue weighted by molar-refractivity contribution is 14.1. The summed E-state index contributed by atoms with van der Waals surface area (Å²) in [7, 11) is 0. The Morgan fingerprint density at radius 3 is 2.45 bits per heavy atom. The topological polar surface area (TPSA) is 55.1 Å². The van der Waals surface area contributed by atoms with Crippen LogP contribution in [-0.4, -0.2) is 19.0 Å². The van der Waals surface area contributed by atoms with Crippen molar-refractivity contribution in [2.24, 2.45) is 5.73 Å². The lowest BCUT2D eigenvalue weighted by Gasteiger charge is -2.10. The summed E-state index contributed by atoms with van der Waals surface area (Å²) < 4.78 is 38.2. The summed E-state index contributed by atoms with van der Waals surface area (Å²) in [6.45, 7) is 0.931. The predicted molar refractivity (Wildman–Crippen MR) is 82.0 cm³/mol. The van der Waals surface area contributed by atoms with Gasteiger partial charge in [0.25, 0.3) is 5.91 Å². The van der Waals surface area contributed by atoms with E-state index >= 15 is 0 Å². The van der Waals surface area contributed by atoms with E-state index in [1.54, 1.807) is 22.6 Å². The van der Waals surface area contributed by atoms with Crippen molar-refractivity contribution in [3.8, 4) is 0 Å². The summed E-state index contributed by atoms with van der Waals surface area (Å²) in [6, 6.07) is 3.29. The molecule has 0 atom stereocenters. The molecule has 1 aromatic carbocycles. The van der Waals surface area contributed by atoms with Gasteiger partial charge >= 0.3 is 6.18 Å². The molecule has 0 saturated carbocycles. The molecular weight excluding hydrogens is 407 g/mol. The van der Waals surface area contributed by atoms with Crippen LogP contribution in [0, 0.1) is 3.57 Å². The second-order valence-electron chi connectivity index (χ2n) is 3.98. The van der Waals surface area contributed by atoms with Gasteiger partial charge in [0, 0.05) is 15.7 Å². The number of nitrogens with two attached hydrogens (primary N) is 1. The summed E-state index contributed by atoms with van der Waals surface area (Å²) >= 11 is 1.76. The molecule has 0 radical (unpaired) electrons. The van der Waals surface area contributed by atoms with Gasteiger partial charge < -0.3 is 11.1 Å². The number of benzene rings is 1. The molecule has 0 spiro atoms. The van der Waals surface area contributed by atoms with Crippen molar-refractivity contribution in [2.75, 3.05) is 13.1 Å². The van der Waals surface area contributed by atoms with E-state index in [1.807, 2.05) is 0 Å². The molecule has 3 nitrogen and oxygen atoms in total. The van der Waals surface area contributed by atoms with E-state index in [1.165, 1.54) is 6.07 Å². The van der Waals surface area contributed by atoms with E-state index in [-0.39, 0.29) is 18.0 Å². The molecule has 114 valence electrons. The predicted octanol–water partition coefficient (Wildman–Crippen LogP) is 3.20. The zero-order valence-electron chi connectivity index (χ0n) is 10.5. The van der Waals surface area contributed by atoms with Crippen molar-refractivity contribution in [2.45, 2.75) is 19.0 Å². The third-order valence-electron chi connectivity index (χ3n) is 2.40. The lowest BCUT2D eigenvalue weighted by Crippen LogP contribution is -2.25. The van der Waals surface area contributed by atoms with Crippen LogP contribution in [0.4, 0.5) is 13.2 Å². The Morgan fingerprint density at radius 1 is 1.25 bits per heavy atom. The molecule has 0 heterocycles. The van der Waals surface area contributed by atoms with Gasteiger partial charge in [-0.25, -0.2) is 0 Å². The van der Waals surface area contributed by atoms with Crippen molar-refractivity contribution in [3.63, 3.8) is 0 Å². The Morgan fingerprint density at radius 2 is 1.90 bits per heavy atom. The first-order valence-electron chi connectivity index (χ1n) is 5.70.